The number of halogens is 2. The molecule has 3 nitrogen and oxygen atoms in total. The fourth-order valence-corrected chi connectivity index (χ4v) is 1.31. The standard InChI is InChI=1S/C8H5Cl2N3/c9-6-2-1-4-11-8(6)13-5-3-7(10)12-13/h1-5H. The Bertz CT molecular complexity index is 425. The molecule has 0 saturated carbocycles. The van der Waals surface area contributed by atoms with Crippen LogP contribution >= 0.6 is 23.2 Å². The summed E-state index contributed by atoms with van der Waals surface area (Å²) >= 11 is 11.6. The van der Waals surface area contributed by atoms with Gasteiger partial charge in [0.15, 0.2) is 11.0 Å². The van der Waals surface area contributed by atoms with Gasteiger partial charge in [-0.15, -0.1) is 0 Å². The van der Waals surface area contributed by atoms with Gasteiger partial charge in [0.2, 0.25) is 0 Å². The van der Waals surface area contributed by atoms with Crippen LogP contribution < -0.4 is 0 Å². The van der Waals surface area contributed by atoms with Crippen molar-refractivity contribution in [1.82, 2.24) is 14.8 Å². The molecule has 0 aliphatic rings. The van der Waals surface area contributed by atoms with Crippen LogP contribution in [0.25, 0.3) is 5.82 Å². The van der Waals surface area contributed by atoms with Crippen LogP contribution in [0.2, 0.25) is 10.2 Å². The second-order valence-corrected chi connectivity index (χ2v) is 3.19. The molecule has 0 aliphatic heterocycles. The highest BCUT2D eigenvalue weighted by Gasteiger charge is 2.03. The molecule has 0 saturated heterocycles. The maximum Gasteiger partial charge on any atom is 0.172 e. The third kappa shape index (κ3) is 1.66. The van der Waals surface area contributed by atoms with Crippen molar-refractivity contribution in [3.05, 3.63) is 40.8 Å². The number of nitrogens with zero attached hydrogens (tertiary/aromatic N) is 3. The molecule has 0 amide bonds. The van der Waals surface area contributed by atoms with Crippen molar-refractivity contribution in [3.8, 4) is 5.82 Å². The zero-order valence-electron chi connectivity index (χ0n) is 6.48. The Morgan fingerprint density at radius 3 is 2.69 bits per heavy atom. The molecule has 0 N–H and O–H groups in total. The minimum Gasteiger partial charge on any atom is -0.236 e. The molecule has 0 bridgehead atoms. The highest BCUT2D eigenvalue weighted by Crippen LogP contribution is 2.17. The lowest BCUT2D eigenvalue weighted by Gasteiger charge is -2.00. The van der Waals surface area contributed by atoms with Gasteiger partial charge in [-0.1, -0.05) is 23.2 Å². The van der Waals surface area contributed by atoms with Gasteiger partial charge in [0.1, 0.15) is 0 Å². The fourth-order valence-electron chi connectivity index (χ4n) is 0.966. The van der Waals surface area contributed by atoms with Crippen molar-refractivity contribution in [1.29, 1.82) is 0 Å². The van der Waals surface area contributed by atoms with E-state index in [1.165, 1.54) is 4.68 Å². The second kappa shape index (κ2) is 3.36. The van der Waals surface area contributed by atoms with E-state index in [4.69, 9.17) is 23.2 Å². The number of hydrogen-bond donors (Lipinski definition) is 0. The molecule has 2 aromatic rings. The van der Waals surface area contributed by atoms with Gasteiger partial charge >= 0.3 is 0 Å². The lowest BCUT2D eigenvalue weighted by atomic mass is 10.4. The Morgan fingerprint density at radius 1 is 1.23 bits per heavy atom. The van der Waals surface area contributed by atoms with Crippen LogP contribution in [0.3, 0.4) is 0 Å². The van der Waals surface area contributed by atoms with Gasteiger partial charge in [0.05, 0.1) is 5.02 Å². The van der Waals surface area contributed by atoms with Crippen LogP contribution in [0.15, 0.2) is 30.6 Å². The summed E-state index contributed by atoms with van der Waals surface area (Å²) in [5.74, 6) is 0.580. The third-order valence-electron chi connectivity index (χ3n) is 1.51. The SMILES string of the molecule is Clc1ccn(-c2ncccc2Cl)n1. The van der Waals surface area contributed by atoms with Crippen molar-refractivity contribution < 1.29 is 0 Å². The number of pyridine rings is 1. The predicted octanol–water partition coefficient (Wildman–Crippen LogP) is 2.57. The zero-order valence-corrected chi connectivity index (χ0v) is 8.00. The molecule has 2 heterocycles. The minimum atomic E-state index is 0.418. The van der Waals surface area contributed by atoms with Crippen LogP contribution in [0, 0.1) is 0 Å². The molecule has 2 aromatic heterocycles. The smallest absolute Gasteiger partial charge is 0.172 e. The van der Waals surface area contributed by atoms with E-state index in [0.29, 0.717) is 16.0 Å². The maximum atomic E-state index is 5.90. The Balaban J connectivity index is 2.52. The molecule has 5 heteroatoms. The first-order valence-electron chi connectivity index (χ1n) is 3.59. The minimum absolute atomic E-state index is 0.418. The van der Waals surface area contributed by atoms with Crippen molar-refractivity contribution >= 4 is 23.2 Å². The number of aromatic nitrogens is 3. The van der Waals surface area contributed by atoms with Gasteiger partial charge < -0.3 is 0 Å². The number of rotatable bonds is 1. The highest BCUT2D eigenvalue weighted by atomic mass is 35.5. The van der Waals surface area contributed by atoms with Gasteiger partial charge in [-0.05, 0) is 18.2 Å². The first-order valence-corrected chi connectivity index (χ1v) is 4.35. The van der Waals surface area contributed by atoms with E-state index in [-0.39, 0.29) is 0 Å². The first kappa shape index (κ1) is 8.53. The summed E-state index contributed by atoms with van der Waals surface area (Å²) in [5, 5.41) is 4.94. The Labute approximate surface area is 84.9 Å². The summed E-state index contributed by atoms with van der Waals surface area (Å²) in [6.07, 6.45) is 3.35. The van der Waals surface area contributed by atoms with E-state index in [2.05, 4.69) is 10.1 Å². The molecule has 66 valence electrons. The van der Waals surface area contributed by atoms with E-state index in [1.54, 1.807) is 30.6 Å². The normalized spacial score (nSPS) is 10.3. The quantitative estimate of drug-likeness (QED) is 0.730. The summed E-state index contributed by atoms with van der Waals surface area (Å²) in [6, 6.07) is 5.18. The summed E-state index contributed by atoms with van der Waals surface area (Å²) in [5.41, 5.74) is 0. The van der Waals surface area contributed by atoms with E-state index in [0.717, 1.165) is 0 Å². The van der Waals surface area contributed by atoms with Crippen LogP contribution in [0.1, 0.15) is 0 Å². The summed E-state index contributed by atoms with van der Waals surface area (Å²) in [4.78, 5) is 4.07. The predicted molar refractivity (Wildman–Crippen MR) is 51.4 cm³/mol. The van der Waals surface area contributed by atoms with Crippen molar-refractivity contribution in [3.63, 3.8) is 0 Å². The molecule has 0 radical (unpaired) electrons. The maximum absolute atomic E-state index is 5.90. The average molecular weight is 214 g/mol. The largest absolute Gasteiger partial charge is 0.236 e. The van der Waals surface area contributed by atoms with E-state index in [1.807, 2.05) is 0 Å². The topological polar surface area (TPSA) is 30.7 Å². The van der Waals surface area contributed by atoms with Gasteiger partial charge in [-0.2, -0.15) is 5.10 Å². The van der Waals surface area contributed by atoms with Crippen LogP contribution in [-0.4, -0.2) is 14.8 Å². The second-order valence-electron chi connectivity index (χ2n) is 2.39. The fraction of sp³-hybridized carbons (Fsp3) is 0. The van der Waals surface area contributed by atoms with E-state index < -0.39 is 0 Å². The summed E-state index contributed by atoms with van der Waals surface area (Å²) in [7, 11) is 0. The molecule has 13 heavy (non-hydrogen) atoms. The van der Waals surface area contributed by atoms with Crippen LogP contribution in [-0.2, 0) is 0 Å². The molecule has 0 unspecified atom stereocenters. The molecule has 0 aromatic carbocycles. The lowest BCUT2D eigenvalue weighted by Crippen LogP contribution is -1.97. The monoisotopic (exact) mass is 213 g/mol. The molecule has 0 spiro atoms. The first-order chi connectivity index (χ1) is 6.27. The Hall–Kier alpha value is -1.06. The van der Waals surface area contributed by atoms with Gasteiger partial charge in [0.25, 0.3) is 0 Å². The highest BCUT2D eigenvalue weighted by molar-refractivity contribution is 6.32. The Kier molecular flexibility index (Phi) is 2.20. The van der Waals surface area contributed by atoms with Gasteiger partial charge in [0, 0.05) is 12.4 Å². The van der Waals surface area contributed by atoms with Gasteiger partial charge in [-0.25, -0.2) is 9.67 Å². The third-order valence-corrected chi connectivity index (χ3v) is 2.01. The zero-order chi connectivity index (χ0) is 9.26. The van der Waals surface area contributed by atoms with Crippen molar-refractivity contribution in [2.75, 3.05) is 0 Å². The van der Waals surface area contributed by atoms with E-state index >= 15 is 0 Å². The lowest BCUT2D eigenvalue weighted by molar-refractivity contribution is 0.847. The molecule has 0 fully saturated rings. The molecular weight excluding hydrogens is 209 g/mol. The molecule has 0 atom stereocenters. The summed E-state index contributed by atoms with van der Waals surface area (Å²) < 4.78 is 1.53. The van der Waals surface area contributed by atoms with Crippen molar-refractivity contribution in [2.24, 2.45) is 0 Å². The summed E-state index contributed by atoms with van der Waals surface area (Å²) in [6.45, 7) is 0. The van der Waals surface area contributed by atoms with E-state index in [9.17, 15) is 0 Å². The number of hydrogen-bond acceptors (Lipinski definition) is 2. The average Bonchev–Trinajstić information content (AvgIpc) is 2.53. The molecule has 2 rings (SSSR count). The molecule has 0 aliphatic carbocycles. The van der Waals surface area contributed by atoms with Crippen LogP contribution in [0.5, 0.6) is 0 Å². The molecular formula is C8H5Cl2N3. The van der Waals surface area contributed by atoms with Crippen molar-refractivity contribution in [2.45, 2.75) is 0 Å². The Morgan fingerprint density at radius 2 is 2.08 bits per heavy atom. The van der Waals surface area contributed by atoms with Crippen LogP contribution in [0.4, 0.5) is 0 Å². The van der Waals surface area contributed by atoms with Gasteiger partial charge in [-0.3, -0.25) is 0 Å².